The fourth-order valence-corrected chi connectivity index (χ4v) is 2.28. The van der Waals surface area contributed by atoms with Crippen molar-refractivity contribution in [2.45, 2.75) is 19.5 Å². The summed E-state index contributed by atoms with van der Waals surface area (Å²) in [4.78, 5) is 6.55. The van der Waals surface area contributed by atoms with E-state index in [1.54, 1.807) is 0 Å². The van der Waals surface area contributed by atoms with Crippen LogP contribution < -0.4 is 10.6 Å². The zero-order valence-electron chi connectivity index (χ0n) is 11.2. The summed E-state index contributed by atoms with van der Waals surface area (Å²) in [5.41, 5.74) is 9.05. The first-order chi connectivity index (χ1) is 9.08. The molecule has 1 heterocycles. The first kappa shape index (κ1) is 14.0. The van der Waals surface area contributed by atoms with Gasteiger partial charge in [0.15, 0.2) is 0 Å². The van der Waals surface area contributed by atoms with Gasteiger partial charge in [0, 0.05) is 24.1 Å². The molecule has 0 aliphatic rings. The summed E-state index contributed by atoms with van der Waals surface area (Å²) in [6, 6.07) is 12.3. The Morgan fingerprint density at radius 2 is 2.00 bits per heavy atom. The number of nitrogens with zero attached hydrogens (tertiary/aromatic N) is 2. The molecule has 1 unspecified atom stereocenters. The summed E-state index contributed by atoms with van der Waals surface area (Å²) in [7, 11) is 2.06. The lowest BCUT2D eigenvalue weighted by Crippen LogP contribution is -2.17. The molecule has 19 heavy (non-hydrogen) atoms. The Balaban J connectivity index is 2.12. The van der Waals surface area contributed by atoms with Gasteiger partial charge in [-0.25, -0.2) is 0 Å². The van der Waals surface area contributed by atoms with E-state index in [0.717, 1.165) is 22.4 Å². The molecular weight excluding hydrogens is 302 g/mol. The molecule has 2 aromatic rings. The van der Waals surface area contributed by atoms with Gasteiger partial charge in [-0.3, -0.25) is 4.98 Å². The van der Waals surface area contributed by atoms with Gasteiger partial charge in [-0.1, -0.05) is 34.1 Å². The molecule has 0 bridgehead atoms. The number of hydrogen-bond acceptors (Lipinski definition) is 3. The number of benzene rings is 1. The zero-order valence-corrected chi connectivity index (χ0v) is 12.8. The number of pyridine rings is 1. The summed E-state index contributed by atoms with van der Waals surface area (Å²) in [5, 5.41) is 0. The van der Waals surface area contributed by atoms with Crippen LogP contribution in [0, 0.1) is 0 Å². The fraction of sp³-hybridized carbons (Fsp3) is 0.267. The Bertz CT molecular complexity index is 537. The highest BCUT2D eigenvalue weighted by Gasteiger charge is 2.06. The Labute approximate surface area is 122 Å². The summed E-state index contributed by atoms with van der Waals surface area (Å²) in [6.45, 7) is 2.77. The highest BCUT2D eigenvalue weighted by molar-refractivity contribution is 9.10. The molecular formula is C15H18BrN3. The molecule has 0 spiro atoms. The van der Waals surface area contributed by atoms with Gasteiger partial charge >= 0.3 is 0 Å². The number of nitrogens with two attached hydrogens (primary N) is 1. The summed E-state index contributed by atoms with van der Waals surface area (Å²) >= 11 is 3.57. The third-order valence-corrected chi connectivity index (χ3v) is 3.82. The van der Waals surface area contributed by atoms with Gasteiger partial charge < -0.3 is 10.6 Å². The molecule has 2 rings (SSSR count). The Hall–Kier alpha value is -1.39. The van der Waals surface area contributed by atoms with E-state index in [0.29, 0.717) is 0 Å². The third kappa shape index (κ3) is 3.55. The van der Waals surface area contributed by atoms with Gasteiger partial charge in [0.1, 0.15) is 0 Å². The molecule has 0 fully saturated rings. The van der Waals surface area contributed by atoms with Crippen molar-refractivity contribution in [2.75, 3.05) is 11.9 Å². The Morgan fingerprint density at radius 1 is 1.26 bits per heavy atom. The van der Waals surface area contributed by atoms with Gasteiger partial charge in [-0.2, -0.15) is 0 Å². The normalized spacial score (nSPS) is 12.2. The molecule has 0 saturated heterocycles. The second-order valence-electron chi connectivity index (χ2n) is 4.68. The molecule has 2 N–H and O–H groups in total. The molecule has 1 atom stereocenters. The SMILES string of the molecule is CC(N)c1ccc(N(C)Cc2ccccc2Br)cn1. The van der Waals surface area contributed by atoms with Gasteiger partial charge in [0.05, 0.1) is 17.6 Å². The number of anilines is 1. The summed E-state index contributed by atoms with van der Waals surface area (Å²) in [5.74, 6) is 0. The molecule has 3 nitrogen and oxygen atoms in total. The number of halogens is 1. The van der Waals surface area contributed by atoms with E-state index in [1.807, 2.05) is 31.3 Å². The maximum atomic E-state index is 5.80. The molecule has 0 radical (unpaired) electrons. The van der Waals surface area contributed by atoms with E-state index in [4.69, 9.17) is 5.73 Å². The van der Waals surface area contributed by atoms with Crippen LogP contribution >= 0.6 is 15.9 Å². The van der Waals surface area contributed by atoms with Crippen molar-refractivity contribution in [3.63, 3.8) is 0 Å². The van der Waals surface area contributed by atoms with Gasteiger partial charge in [0.2, 0.25) is 0 Å². The first-order valence-corrected chi connectivity index (χ1v) is 7.03. The monoisotopic (exact) mass is 319 g/mol. The average molecular weight is 320 g/mol. The smallest absolute Gasteiger partial charge is 0.0569 e. The fourth-order valence-electron chi connectivity index (χ4n) is 1.87. The molecule has 0 aliphatic heterocycles. The van der Waals surface area contributed by atoms with Gasteiger partial charge in [0.25, 0.3) is 0 Å². The maximum Gasteiger partial charge on any atom is 0.0569 e. The molecule has 0 amide bonds. The Morgan fingerprint density at radius 3 is 2.58 bits per heavy atom. The van der Waals surface area contributed by atoms with Crippen LogP contribution in [0.5, 0.6) is 0 Å². The van der Waals surface area contributed by atoms with Crippen LogP contribution in [0.25, 0.3) is 0 Å². The predicted molar refractivity (Wildman–Crippen MR) is 83.1 cm³/mol. The lowest BCUT2D eigenvalue weighted by molar-refractivity contribution is 0.779. The van der Waals surface area contributed by atoms with E-state index in [1.165, 1.54) is 5.56 Å². The van der Waals surface area contributed by atoms with Crippen molar-refractivity contribution < 1.29 is 0 Å². The van der Waals surface area contributed by atoms with Crippen LogP contribution in [0.4, 0.5) is 5.69 Å². The van der Waals surface area contributed by atoms with Crippen molar-refractivity contribution in [1.82, 2.24) is 4.98 Å². The predicted octanol–water partition coefficient (Wildman–Crippen LogP) is 3.50. The minimum absolute atomic E-state index is 0.0253. The van der Waals surface area contributed by atoms with Crippen molar-refractivity contribution in [3.05, 3.63) is 58.3 Å². The first-order valence-electron chi connectivity index (χ1n) is 6.24. The summed E-state index contributed by atoms with van der Waals surface area (Å²) < 4.78 is 1.13. The minimum atomic E-state index is -0.0253. The average Bonchev–Trinajstić information content (AvgIpc) is 2.41. The number of aromatic nitrogens is 1. The molecule has 100 valence electrons. The lowest BCUT2D eigenvalue weighted by atomic mass is 10.2. The highest BCUT2D eigenvalue weighted by Crippen LogP contribution is 2.21. The van der Waals surface area contributed by atoms with Gasteiger partial charge in [-0.05, 0) is 30.7 Å². The largest absolute Gasteiger partial charge is 0.369 e. The molecule has 4 heteroatoms. The van der Waals surface area contributed by atoms with Crippen LogP contribution in [0.2, 0.25) is 0 Å². The number of rotatable bonds is 4. The molecule has 0 aliphatic carbocycles. The van der Waals surface area contributed by atoms with Crippen molar-refractivity contribution in [2.24, 2.45) is 5.73 Å². The van der Waals surface area contributed by atoms with Gasteiger partial charge in [-0.15, -0.1) is 0 Å². The molecule has 0 saturated carbocycles. The minimum Gasteiger partial charge on any atom is -0.369 e. The third-order valence-electron chi connectivity index (χ3n) is 3.04. The van der Waals surface area contributed by atoms with Crippen LogP contribution in [-0.4, -0.2) is 12.0 Å². The quantitative estimate of drug-likeness (QED) is 0.937. The van der Waals surface area contributed by atoms with E-state index in [-0.39, 0.29) is 6.04 Å². The second-order valence-corrected chi connectivity index (χ2v) is 5.53. The van der Waals surface area contributed by atoms with Crippen LogP contribution in [-0.2, 0) is 6.54 Å². The topological polar surface area (TPSA) is 42.1 Å². The van der Waals surface area contributed by atoms with Crippen molar-refractivity contribution >= 4 is 21.6 Å². The zero-order chi connectivity index (χ0) is 13.8. The maximum absolute atomic E-state index is 5.80. The van der Waals surface area contributed by atoms with E-state index < -0.39 is 0 Å². The highest BCUT2D eigenvalue weighted by atomic mass is 79.9. The van der Waals surface area contributed by atoms with E-state index in [2.05, 4.69) is 51.1 Å². The summed E-state index contributed by atoms with van der Waals surface area (Å²) in [6.07, 6.45) is 1.87. The van der Waals surface area contributed by atoms with Crippen molar-refractivity contribution in [3.8, 4) is 0 Å². The second kappa shape index (κ2) is 6.17. The lowest BCUT2D eigenvalue weighted by Gasteiger charge is -2.20. The van der Waals surface area contributed by atoms with E-state index in [9.17, 15) is 0 Å². The van der Waals surface area contributed by atoms with E-state index >= 15 is 0 Å². The molecule has 1 aromatic heterocycles. The standard InChI is InChI=1S/C15H18BrN3/c1-11(17)15-8-7-13(9-18-15)19(2)10-12-5-3-4-6-14(12)16/h3-9,11H,10,17H2,1-2H3. The van der Waals surface area contributed by atoms with Crippen LogP contribution in [0.3, 0.4) is 0 Å². The molecule has 1 aromatic carbocycles. The number of hydrogen-bond donors (Lipinski definition) is 1. The van der Waals surface area contributed by atoms with Crippen LogP contribution in [0.15, 0.2) is 47.1 Å². The van der Waals surface area contributed by atoms with Crippen LogP contribution in [0.1, 0.15) is 24.2 Å². The Kier molecular flexibility index (Phi) is 4.56. The van der Waals surface area contributed by atoms with Crippen molar-refractivity contribution in [1.29, 1.82) is 0 Å².